The highest BCUT2D eigenvalue weighted by molar-refractivity contribution is 9.10. The molecule has 0 amide bonds. The predicted octanol–water partition coefficient (Wildman–Crippen LogP) is 3.43. The van der Waals surface area contributed by atoms with Crippen LogP contribution in [0.25, 0.3) is 0 Å². The van der Waals surface area contributed by atoms with Crippen LogP contribution in [0.15, 0.2) is 39.7 Å². The SMILES string of the molecule is CC(NCc1ccc(Br)o1)c1cncc(F)c1. The van der Waals surface area contributed by atoms with E-state index in [1.54, 1.807) is 6.20 Å². The molecule has 1 N–H and O–H groups in total. The molecular formula is C12H12BrFN2O. The maximum absolute atomic E-state index is 13.0. The molecule has 90 valence electrons. The Morgan fingerprint density at radius 2 is 2.29 bits per heavy atom. The van der Waals surface area contributed by atoms with E-state index in [1.807, 2.05) is 19.1 Å². The number of nitrogens with zero attached hydrogens (tertiary/aromatic N) is 1. The number of aromatic nitrogens is 1. The second-order valence-corrected chi connectivity index (χ2v) is 4.53. The van der Waals surface area contributed by atoms with Crippen molar-refractivity contribution >= 4 is 15.9 Å². The van der Waals surface area contributed by atoms with E-state index in [9.17, 15) is 4.39 Å². The van der Waals surface area contributed by atoms with Gasteiger partial charge in [-0.2, -0.15) is 0 Å². The molecule has 2 aromatic heterocycles. The Morgan fingerprint density at radius 1 is 1.47 bits per heavy atom. The first-order valence-corrected chi connectivity index (χ1v) is 6.02. The molecule has 0 aliphatic heterocycles. The van der Waals surface area contributed by atoms with Gasteiger partial charge < -0.3 is 9.73 Å². The van der Waals surface area contributed by atoms with Gasteiger partial charge in [0.2, 0.25) is 0 Å². The van der Waals surface area contributed by atoms with Crippen molar-refractivity contribution in [3.8, 4) is 0 Å². The van der Waals surface area contributed by atoms with Gasteiger partial charge in [-0.05, 0) is 46.6 Å². The number of rotatable bonds is 4. The van der Waals surface area contributed by atoms with Gasteiger partial charge in [-0.15, -0.1) is 0 Å². The van der Waals surface area contributed by atoms with E-state index in [0.717, 1.165) is 11.3 Å². The lowest BCUT2D eigenvalue weighted by molar-refractivity contribution is 0.446. The molecule has 0 aliphatic carbocycles. The van der Waals surface area contributed by atoms with Crippen LogP contribution in [0.5, 0.6) is 0 Å². The van der Waals surface area contributed by atoms with Crippen LogP contribution in [0.2, 0.25) is 0 Å². The normalized spacial score (nSPS) is 12.6. The summed E-state index contributed by atoms with van der Waals surface area (Å²) in [5.74, 6) is 0.505. The fourth-order valence-electron chi connectivity index (χ4n) is 1.48. The lowest BCUT2D eigenvalue weighted by Crippen LogP contribution is -2.18. The van der Waals surface area contributed by atoms with Crippen molar-refractivity contribution in [2.45, 2.75) is 19.5 Å². The molecule has 0 bridgehead atoms. The Labute approximate surface area is 107 Å². The first-order chi connectivity index (χ1) is 8.15. The summed E-state index contributed by atoms with van der Waals surface area (Å²) in [6.07, 6.45) is 2.85. The Morgan fingerprint density at radius 3 is 2.94 bits per heavy atom. The monoisotopic (exact) mass is 298 g/mol. The van der Waals surface area contributed by atoms with Gasteiger partial charge in [0.05, 0.1) is 12.7 Å². The number of halogens is 2. The first kappa shape index (κ1) is 12.3. The lowest BCUT2D eigenvalue weighted by Gasteiger charge is -2.12. The van der Waals surface area contributed by atoms with E-state index in [1.165, 1.54) is 12.3 Å². The van der Waals surface area contributed by atoms with Crippen LogP contribution in [0.4, 0.5) is 4.39 Å². The summed E-state index contributed by atoms with van der Waals surface area (Å²) in [7, 11) is 0. The quantitative estimate of drug-likeness (QED) is 0.940. The van der Waals surface area contributed by atoms with Gasteiger partial charge in [-0.3, -0.25) is 4.98 Å². The summed E-state index contributed by atoms with van der Waals surface area (Å²) >= 11 is 3.24. The largest absolute Gasteiger partial charge is 0.453 e. The van der Waals surface area contributed by atoms with Crippen molar-refractivity contribution in [3.05, 3.63) is 52.4 Å². The Kier molecular flexibility index (Phi) is 3.91. The van der Waals surface area contributed by atoms with Crippen molar-refractivity contribution in [1.82, 2.24) is 10.3 Å². The minimum absolute atomic E-state index is 0.0158. The molecule has 1 atom stereocenters. The van der Waals surface area contributed by atoms with E-state index in [2.05, 4.69) is 26.2 Å². The van der Waals surface area contributed by atoms with Crippen LogP contribution in [-0.2, 0) is 6.54 Å². The standard InChI is InChI=1S/C12H12BrFN2O/c1-8(9-4-10(14)6-15-5-9)16-7-11-2-3-12(13)17-11/h2-6,8,16H,7H2,1H3. The van der Waals surface area contributed by atoms with E-state index in [4.69, 9.17) is 4.42 Å². The number of hydrogen-bond acceptors (Lipinski definition) is 3. The summed E-state index contributed by atoms with van der Waals surface area (Å²) in [5, 5.41) is 3.23. The third-order valence-electron chi connectivity index (χ3n) is 2.44. The van der Waals surface area contributed by atoms with Crippen molar-refractivity contribution in [1.29, 1.82) is 0 Å². The van der Waals surface area contributed by atoms with Gasteiger partial charge >= 0.3 is 0 Å². The zero-order valence-corrected chi connectivity index (χ0v) is 10.9. The van der Waals surface area contributed by atoms with Crippen molar-refractivity contribution < 1.29 is 8.81 Å². The molecule has 0 aromatic carbocycles. The number of furan rings is 1. The average Bonchev–Trinajstić information content (AvgIpc) is 2.72. The Bertz CT molecular complexity index is 501. The maximum Gasteiger partial charge on any atom is 0.169 e. The smallest absolute Gasteiger partial charge is 0.169 e. The zero-order valence-electron chi connectivity index (χ0n) is 9.28. The highest BCUT2D eigenvalue weighted by atomic mass is 79.9. The van der Waals surface area contributed by atoms with Gasteiger partial charge in [0, 0.05) is 12.2 Å². The van der Waals surface area contributed by atoms with Crippen LogP contribution in [0.3, 0.4) is 0 Å². The fourth-order valence-corrected chi connectivity index (χ4v) is 1.82. The second-order valence-electron chi connectivity index (χ2n) is 3.74. The second kappa shape index (κ2) is 5.42. The van der Waals surface area contributed by atoms with Crippen LogP contribution in [0.1, 0.15) is 24.3 Å². The summed E-state index contributed by atoms with van der Waals surface area (Å²) in [4.78, 5) is 3.82. The zero-order chi connectivity index (χ0) is 12.3. The molecule has 5 heteroatoms. The predicted molar refractivity (Wildman–Crippen MR) is 65.9 cm³/mol. The van der Waals surface area contributed by atoms with Gasteiger partial charge in [0.15, 0.2) is 4.67 Å². The molecule has 17 heavy (non-hydrogen) atoms. The Hall–Kier alpha value is -1.20. The fraction of sp³-hybridized carbons (Fsp3) is 0.250. The molecule has 2 rings (SSSR count). The number of nitrogens with one attached hydrogen (secondary N) is 1. The van der Waals surface area contributed by atoms with Gasteiger partial charge in [-0.1, -0.05) is 0 Å². The van der Waals surface area contributed by atoms with Crippen molar-refractivity contribution in [3.63, 3.8) is 0 Å². The van der Waals surface area contributed by atoms with Crippen molar-refractivity contribution in [2.24, 2.45) is 0 Å². The minimum Gasteiger partial charge on any atom is -0.453 e. The summed E-state index contributed by atoms with van der Waals surface area (Å²) in [6.45, 7) is 2.54. The van der Waals surface area contributed by atoms with E-state index in [-0.39, 0.29) is 11.9 Å². The number of hydrogen-bond donors (Lipinski definition) is 1. The van der Waals surface area contributed by atoms with Gasteiger partial charge in [0.25, 0.3) is 0 Å². The minimum atomic E-state index is -0.322. The van der Waals surface area contributed by atoms with Crippen LogP contribution in [-0.4, -0.2) is 4.98 Å². The molecule has 0 spiro atoms. The van der Waals surface area contributed by atoms with Gasteiger partial charge in [-0.25, -0.2) is 4.39 Å². The maximum atomic E-state index is 13.0. The molecule has 3 nitrogen and oxygen atoms in total. The third-order valence-corrected chi connectivity index (χ3v) is 2.86. The molecule has 0 radical (unpaired) electrons. The summed E-state index contributed by atoms with van der Waals surface area (Å²) < 4.78 is 19.0. The molecule has 2 aromatic rings. The lowest BCUT2D eigenvalue weighted by atomic mass is 10.1. The number of pyridine rings is 1. The highest BCUT2D eigenvalue weighted by Crippen LogP contribution is 2.16. The first-order valence-electron chi connectivity index (χ1n) is 5.23. The third kappa shape index (κ3) is 3.38. The average molecular weight is 299 g/mol. The molecule has 1 unspecified atom stereocenters. The van der Waals surface area contributed by atoms with Crippen LogP contribution < -0.4 is 5.32 Å². The molecular weight excluding hydrogens is 287 g/mol. The van der Waals surface area contributed by atoms with Crippen LogP contribution >= 0.6 is 15.9 Å². The molecule has 0 aliphatic rings. The molecule has 0 saturated heterocycles. The topological polar surface area (TPSA) is 38.1 Å². The Balaban J connectivity index is 1.95. The summed E-state index contributed by atoms with van der Waals surface area (Å²) in [6, 6.07) is 5.21. The molecule has 0 saturated carbocycles. The van der Waals surface area contributed by atoms with E-state index in [0.29, 0.717) is 11.2 Å². The molecule has 0 fully saturated rings. The molecule has 2 heterocycles. The van der Waals surface area contributed by atoms with Gasteiger partial charge in [0.1, 0.15) is 11.6 Å². The van der Waals surface area contributed by atoms with E-state index >= 15 is 0 Å². The summed E-state index contributed by atoms with van der Waals surface area (Å²) in [5.41, 5.74) is 0.815. The van der Waals surface area contributed by atoms with Crippen LogP contribution in [0, 0.1) is 5.82 Å². The van der Waals surface area contributed by atoms with Crippen molar-refractivity contribution in [2.75, 3.05) is 0 Å². The van der Waals surface area contributed by atoms with E-state index < -0.39 is 0 Å². The highest BCUT2D eigenvalue weighted by Gasteiger charge is 2.07.